The van der Waals surface area contributed by atoms with Gasteiger partial charge in [-0.1, -0.05) is 219 Å². The van der Waals surface area contributed by atoms with E-state index in [0.717, 1.165) is 6.42 Å². The molecule has 2 unspecified atom stereocenters. The van der Waals surface area contributed by atoms with Crippen molar-refractivity contribution in [2.75, 3.05) is 0 Å². The molecule has 0 heterocycles. The first-order chi connectivity index (χ1) is 20.7. The number of halogens is 2. The van der Waals surface area contributed by atoms with Crippen LogP contribution in [0, 0.1) is 0 Å². The van der Waals surface area contributed by atoms with Crippen LogP contribution in [-0.4, -0.2) is 10.8 Å². The quantitative estimate of drug-likeness (QED) is 0.0473. The van der Waals surface area contributed by atoms with Crippen molar-refractivity contribution in [2.24, 2.45) is 0 Å². The van der Waals surface area contributed by atoms with E-state index in [1.807, 2.05) is 0 Å². The third kappa shape index (κ3) is 38.6. The molecule has 0 bridgehead atoms. The zero-order valence-electron chi connectivity index (χ0n) is 29.4. The van der Waals surface area contributed by atoms with Gasteiger partial charge < -0.3 is 0 Å². The maximum absolute atomic E-state index is 6.19. The summed E-state index contributed by atoms with van der Waals surface area (Å²) < 4.78 is 0. The Hall–Kier alpha value is 0.580. The molecule has 42 heavy (non-hydrogen) atoms. The zero-order valence-corrected chi connectivity index (χ0v) is 30.9. The lowest BCUT2D eigenvalue weighted by Gasteiger charge is -2.06. The van der Waals surface area contributed by atoms with Crippen LogP contribution in [0.2, 0.25) is 0 Å². The molecule has 0 aromatic rings. The molecule has 0 fully saturated rings. The van der Waals surface area contributed by atoms with E-state index in [0.29, 0.717) is 10.8 Å². The van der Waals surface area contributed by atoms with Gasteiger partial charge in [-0.15, -0.1) is 23.2 Å². The van der Waals surface area contributed by atoms with Crippen molar-refractivity contribution in [1.29, 1.82) is 0 Å². The van der Waals surface area contributed by atoms with Gasteiger partial charge in [-0.2, -0.15) is 0 Å². The largest absolute Gasteiger partial charge is 0.123 e. The Kier molecular flexibility index (Phi) is 38.3. The highest BCUT2D eigenvalue weighted by Crippen LogP contribution is 2.18. The van der Waals surface area contributed by atoms with E-state index in [1.165, 1.54) is 225 Å². The van der Waals surface area contributed by atoms with Crippen LogP contribution in [0.25, 0.3) is 0 Å². The van der Waals surface area contributed by atoms with Crippen molar-refractivity contribution in [1.82, 2.24) is 0 Å². The van der Waals surface area contributed by atoms with Gasteiger partial charge >= 0.3 is 0 Å². The third-order valence-corrected chi connectivity index (χ3v) is 10.3. The van der Waals surface area contributed by atoms with Gasteiger partial charge in [0.05, 0.1) is 0 Å². The number of rotatable bonds is 37. The smallest absolute Gasteiger partial charge is 0.0333 e. The standard InChI is InChI=1S/C40H80Cl2/c1-3-40(42)38-36-34-32-30-28-26-24-22-20-18-16-14-12-10-8-6-4-5-7-9-11-13-15-17-19-21-23-25-27-29-31-33-35-37-39(2)41/h39-40H,3-38H2,1-2H3. The highest BCUT2D eigenvalue weighted by Gasteiger charge is 2.01. The molecule has 0 radical (unpaired) electrons. The van der Waals surface area contributed by atoms with Gasteiger partial charge in [-0.05, 0) is 26.2 Å². The molecule has 0 aromatic heterocycles. The number of alkyl halides is 2. The molecule has 0 amide bonds. The molecule has 2 atom stereocenters. The summed E-state index contributed by atoms with van der Waals surface area (Å²) in [5, 5.41) is 0.785. The van der Waals surface area contributed by atoms with Crippen molar-refractivity contribution in [3.05, 3.63) is 0 Å². The second kappa shape index (κ2) is 37.8. The average molecular weight is 632 g/mol. The molecule has 0 aromatic carbocycles. The zero-order chi connectivity index (χ0) is 30.6. The molecule has 0 saturated heterocycles. The summed E-state index contributed by atoms with van der Waals surface area (Å²) in [4.78, 5) is 0. The van der Waals surface area contributed by atoms with Gasteiger partial charge in [-0.25, -0.2) is 0 Å². The fraction of sp³-hybridized carbons (Fsp3) is 1.00. The first-order valence-electron chi connectivity index (χ1n) is 19.9. The normalized spacial score (nSPS) is 13.1. The molecule has 0 rings (SSSR count). The Morgan fingerprint density at radius 1 is 0.286 bits per heavy atom. The monoisotopic (exact) mass is 631 g/mol. The van der Waals surface area contributed by atoms with Crippen LogP contribution in [0.5, 0.6) is 0 Å². The fourth-order valence-electron chi connectivity index (χ4n) is 6.48. The lowest BCUT2D eigenvalue weighted by atomic mass is 10.0. The minimum Gasteiger partial charge on any atom is -0.123 e. The van der Waals surface area contributed by atoms with Crippen molar-refractivity contribution in [3.63, 3.8) is 0 Å². The Balaban J connectivity index is 3.04. The van der Waals surface area contributed by atoms with Gasteiger partial charge in [0.15, 0.2) is 0 Å². The van der Waals surface area contributed by atoms with Crippen molar-refractivity contribution >= 4 is 23.2 Å². The van der Waals surface area contributed by atoms with E-state index >= 15 is 0 Å². The first-order valence-corrected chi connectivity index (χ1v) is 20.8. The lowest BCUT2D eigenvalue weighted by Crippen LogP contribution is -1.95. The molecular weight excluding hydrogens is 551 g/mol. The summed E-state index contributed by atoms with van der Waals surface area (Å²) in [6.07, 6.45) is 51.6. The van der Waals surface area contributed by atoms with E-state index in [-0.39, 0.29) is 0 Å². The van der Waals surface area contributed by atoms with E-state index in [4.69, 9.17) is 23.2 Å². The van der Waals surface area contributed by atoms with Gasteiger partial charge in [0.2, 0.25) is 0 Å². The molecule has 0 aliphatic rings. The van der Waals surface area contributed by atoms with Crippen LogP contribution in [0.4, 0.5) is 0 Å². The van der Waals surface area contributed by atoms with Crippen LogP contribution in [-0.2, 0) is 0 Å². The van der Waals surface area contributed by atoms with Gasteiger partial charge in [0.1, 0.15) is 0 Å². The number of hydrogen-bond acceptors (Lipinski definition) is 0. The maximum Gasteiger partial charge on any atom is 0.0333 e. The van der Waals surface area contributed by atoms with Gasteiger partial charge in [0.25, 0.3) is 0 Å². The predicted octanol–water partition coefficient (Wildman–Crippen LogP) is 16.3. The minimum atomic E-state index is 0.367. The summed E-state index contributed by atoms with van der Waals surface area (Å²) in [6, 6.07) is 0. The Morgan fingerprint density at radius 3 is 0.619 bits per heavy atom. The van der Waals surface area contributed by atoms with E-state index in [9.17, 15) is 0 Å². The Labute approximate surface area is 278 Å². The maximum atomic E-state index is 6.19. The second-order valence-electron chi connectivity index (χ2n) is 14.0. The van der Waals surface area contributed by atoms with Crippen molar-refractivity contribution in [3.8, 4) is 0 Å². The Bertz CT molecular complexity index is 463. The molecular formula is C40H80Cl2. The SMILES string of the molecule is CCC(Cl)CCCCCCCCCCCCCCCCCCCCCCCCCCCCCCCCCCCC(C)Cl. The molecule has 0 N–H and O–H groups in total. The van der Waals surface area contributed by atoms with Gasteiger partial charge in [0, 0.05) is 10.8 Å². The topological polar surface area (TPSA) is 0 Å². The highest BCUT2D eigenvalue weighted by molar-refractivity contribution is 6.20. The predicted molar refractivity (Wildman–Crippen MR) is 197 cm³/mol. The third-order valence-electron chi connectivity index (χ3n) is 9.56. The van der Waals surface area contributed by atoms with Crippen molar-refractivity contribution in [2.45, 2.75) is 256 Å². The van der Waals surface area contributed by atoms with E-state index < -0.39 is 0 Å². The highest BCUT2D eigenvalue weighted by atomic mass is 35.5. The van der Waals surface area contributed by atoms with E-state index in [2.05, 4.69) is 13.8 Å². The molecule has 0 aliphatic carbocycles. The van der Waals surface area contributed by atoms with E-state index in [1.54, 1.807) is 0 Å². The van der Waals surface area contributed by atoms with Crippen LogP contribution >= 0.6 is 23.2 Å². The first kappa shape index (κ1) is 42.6. The average Bonchev–Trinajstić information content (AvgIpc) is 2.98. The summed E-state index contributed by atoms with van der Waals surface area (Å²) >= 11 is 12.2. The fourth-order valence-corrected chi connectivity index (χ4v) is 6.78. The van der Waals surface area contributed by atoms with Crippen LogP contribution in [0.15, 0.2) is 0 Å². The minimum absolute atomic E-state index is 0.367. The van der Waals surface area contributed by atoms with Crippen molar-refractivity contribution < 1.29 is 0 Å². The summed E-state index contributed by atoms with van der Waals surface area (Å²) in [5.41, 5.74) is 0. The van der Waals surface area contributed by atoms with Crippen LogP contribution in [0.1, 0.15) is 245 Å². The number of unbranched alkanes of at least 4 members (excludes halogenated alkanes) is 32. The summed E-state index contributed by atoms with van der Waals surface area (Å²) in [7, 11) is 0. The summed E-state index contributed by atoms with van der Waals surface area (Å²) in [6.45, 7) is 4.31. The molecule has 0 spiro atoms. The lowest BCUT2D eigenvalue weighted by molar-refractivity contribution is 0.510. The second-order valence-corrected chi connectivity index (χ2v) is 15.4. The Morgan fingerprint density at radius 2 is 0.452 bits per heavy atom. The molecule has 254 valence electrons. The number of hydrogen-bond donors (Lipinski definition) is 0. The molecule has 2 heteroatoms. The molecule has 0 nitrogen and oxygen atoms in total. The molecule has 0 saturated carbocycles. The molecule has 0 aliphatic heterocycles. The van der Waals surface area contributed by atoms with Gasteiger partial charge in [-0.3, -0.25) is 0 Å². The summed E-state index contributed by atoms with van der Waals surface area (Å²) in [5.74, 6) is 0. The van der Waals surface area contributed by atoms with Crippen LogP contribution < -0.4 is 0 Å². The van der Waals surface area contributed by atoms with Crippen LogP contribution in [0.3, 0.4) is 0 Å².